The van der Waals surface area contributed by atoms with E-state index in [-0.39, 0.29) is 0 Å². The Hall–Kier alpha value is -3.43. The largest absolute Gasteiger partial charge is 0.436 e. The summed E-state index contributed by atoms with van der Waals surface area (Å²) < 4.78 is 5.91. The normalized spacial score (nSPS) is 11.7. The maximum atomic E-state index is 5.91. The van der Waals surface area contributed by atoms with Gasteiger partial charge in [0.15, 0.2) is 5.58 Å². The number of hydrogen-bond acceptors (Lipinski definition) is 2. The first-order valence-corrected chi connectivity index (χ1v) is 14.1. The summed E-state index contributed by atoms with van der Waals surface area (Å²) in [6.07, 6.45) is 0. The van der Waals surface area contributed by atoms with Crippen LogP contribution in [0.25, 0.3) is 44.8 Å². The minimum absolute atomic E-state index is 0.657. The summed E-state index contributed by atoms with van der Waals surface area (Å²) in [7, 11) is -1.34. The molecule has 3 heteroatoms. The summed E-state index contributed by atoms with van der Waals surface area (Å²) in [5, 5.41) is 1.48. The molecule has 5 aromatic rings. The van der Waals surface area contributed by atoms with Crippen molar-refractivity contribution < 1.29 is 4.42 Å². The standard InChI is InChI=1S/C28H25NOSi/c1-31(2,3)25-11-7-10-24(19-25)23-9-6-8-22(18-23)20-14-16-21(17-15-20)28-29-26-12-4-5-13-27(26)30-28/h4-19H,1-3H3. The van der Waals surface area contributed by atoms with Crippen molar-refractivity contribution >= 4 is 24.4 Å². The highest BCUT2D eigenvalue weighted by molar-refractivity contribution is 6.88. The monoisotopic (exact) mass is 419 g/mol. The minimum atomic E-state index is -1.34. The summed E-state index contributed by atoms with van der Waals surface area (Å²) in [5.41, 5.74) is 7.61. The second kappa shape index (κ2) is 7.68. The lowest BCUT2D eigenvalue weighted by Crippen LogP contribution is -2.37. The van der Waals surface area contributed by atoms with Crippen LogP contribution in [-0.4, -0.2) is 13.1 Å². The van der Waals surface area contributed by atoms with Crippen LogP contribution in [-0.2, 0) is 0 Å². The summed E-state index contributed by atoms with van der Waals surface area (Å²) in [6, 6.07) is 34.1. The quantitative estimate of drug-likeness (QED) is 0.284. The van der Waals surface area contributed by atoms with Crippen LogP contribution in [0.3, 0.4) is 0 Å². The third-order valence-corrected chi connectivity index (χ3v) is 7.73. The number of aromatic nitrogens is 1. The molecule has 4 aromatic carbocycles. The van der Waals surface area contributed by atoms with Crippen LogP contribution >= 0.6 is 0 Å². The third-order valence-electron chi connectivity index (χ3n) is 5.68. The van der Waals surface area contributed by atoms with E-state index in [0.717, 1.165) is 16.7 Å². The molecule has 0 aliphatic rings. The number of hydrogen-bond donors (Lipinski definition) is 0. The molecule has 0 aliphatic carbocycles. The molecule has 31 heavy (non-hydrogen) atoms. The molecule has 0 N–H and O–H groups in total. The van der Waals surface area contributed by atoms with Crippen LogP contribution in [0.1, 0.15) is 0 Å². The van der Waals surface area contributed by atoms with Gasteiger partial charge in [0.1, 0.15) is 5.52 Å². The SMILES string of the molecule is C[Si](C)(C)c1cccc(-c2cccc(-c3ccc(-c4nc5ccccc5o4)cc3)c2)c1. The molecule has 0 spiro atoms. The van der Waals surface area contributed by atoms with Gasteiger partial charge in [0.2, 0.25) is 5.89 Å². The van der Waals surface area contributed by atoms with E-state index >= 15 is 0 Å². The number of benzene rings is 4. The van der Waals surface area contributed by atoms with E-state index in [1.807, 2.05) is 24.3 Å². The van der Waals surface area contributed by atoms with Gasteiger partial charge in [0.25, 0.3) is 0 Å². The van der Waals surface area contributed by atoms with Crippen molar-refractivity contribution in [3.8, 4) is 33.7 Å². The number of rotatable bonds is 4. The molecule has 0 radical (unpaired) electrons. The van der Waals surface area contributed by atoms with E-state index in [1.165, 1.54) is 27.4 Å². The van der Waals surface area contributed by atoms with Crippen LogP contribution in [0.2, 0.25) is 19.6 Å². The zero-order valence-electron chi connectivity index (χ0n) is 18.1. The van der Waals surface area contributed by atoms with E-state index in [4.69, 9.17) is 4.42 Å². The number of para-hydroxylation sites is 2. The Morgan fingerprint density at radius 3 is 1.90 bits per heavy atom. The summed E-state index contributed by atoms with van der Waals surface area (Å²) in [6.45, 7) is 7.17. The third kappa shape index (κ3) is 3.97. The Balaban J connectivity index is 1.46. The van der Waals surface area contributed by atoms with Gasteiger partial charge in [-0.25, -0.2) is 4.98 Å². The Morgan fingerprint density at radius 1 is 0.581 bits per heavy atom. The lowest BCUT2D eigenvalue weighted by atomic mass is 9.98. The average molecular weight is 420 g/mol. The van der Waals surface area contributed by atoms with Gasteiger partial charge in [-0.2, -0.15) is 0 Å². The summed E-state index contributed by atoms with van der Waals surface area (Å²) in [5.74, 6) is 0.657. The zero-order chi connectivity index (χ0) is 21.4. The molecule has 0 atom stereocenters. The molecule has 0 saturated heterocycles. The molecule has 5 rings (SSSR count). The fourth-order valence-corrected chi connectivity index (χ4v) is 5.03. The molecule has 1 heterocycles. The van der Waals surface area contributed by atoms with Gasteiger partial charge in [-0.15, -0.1) is 0 Å². The maximum Gasteiger partial charge on any atom is 0.227 e. The van der Waals surface area contributed by atoms with E-state index in [2.05, 4.69) is 97.4 Å². The van der Waals surface area contributed by atoms with E-state index < -0.39 is 8.07 Å². The van der Waals surface area contributed by atoms with Crippen LogP contribution in [0.5, 0.6) is 0 Å². The first kappa shape index (κ1) is 19.5. The topological polar surface area (TPSA) is 26.0 Å². The van der Waals surface area contributed by atoms with Gasteiger partial charge in [0.05, 0.1) is 8.07 Å². The van der Waals surface area contributed by atoms with E-state index in [9.17, 15) is 0 Å². The van der Waals surface area contributed by atoms with E-state index in [0.29, 0.717) is 5.89 Å². The van der Waals surface area contributed by atoms with Crippen LogP contribution in [0.4, 0.5) is 0 Å². The minimum Gasteiger partial charge on any atom is -0.436 e. The van der Waals surface area contributed by atoms with Gasteiger partial charge in [-0.3, -0.25) is 0 Å². The lowest BCUT2D eigenvalue weighted by Gasteiger charge is -2.17. The number of fused-ring (bicyclic) bond motifs is 1. The molecule has 152 valence electrons. The molecule has 0 aliphatic heterocycles. The highest BCUT2D eigenvalue weighted by atomic mass is 28.3. The first-order chi connectivity index (χ1) is 15.0. The van der Waals surface area contributed by atoms with Crippen molar-refractivity contribution in [1.82, 2.24) is 4.98 Å². The molecule has 0 amide bonds. The van der Waals surface area contributed by atoms with Gasteiger partial charge in [-0.05, 0) is 52.6 Å². The van der Waals surface area contributed by atoms with Gasteiger partial charge in [0, 0.05) is 5.56 Å². The van der Waals surface area contributed by atoms with E-state index in [1.54, 1.807) is 0 Å². The maximum absolute atomic E-state index is 5.91. The van der Waals surface area contributed by atoms with Crippen molar-refractivity contribution in [2.45, 2.75) is 19.6 Å². The fraction of sp³-hybridized carbons (Fsp3) is 0.107. The van der Waals surface area contributed by atoms with Crippen molar-refractivity contribution in [2.75, 3.05) is 0 Å². The highest BCUT2D eigenvalue weighted by Gasteiger charge is 2.16. The van der Waals surface area contributed by atoms with Crippen molar-refractivity contribution in [3.63, 3.8) is 0 Å². The fourth-order valence-electron chi connectivity index (χ4n) is 3.84. The zero-order valence-corrected chi connectivity index (χ0v) is 19.1. The van der Waals surface area contributed by atoms with Crippen molar-refractivity contribution in [2.24, 2.45) is 0 Å². The number of nitrogens with zero attached hydrogens (tertiary/aromatic N) is 1. The van der Waals surface area contributed by atoms with Crippen LogP contribution in [0, 0.1) is 0 Å². The lowest BCUT2D eigenvalue weighted by molar-refractivity contribution is 0.620. The Bertz CT molecular complexity index is 1330. The average Bonchev–Trinajstić information content (AvgIpc) is 3.23. The Morgan fingerprint density at radius 2 is 1.19 bits per heavy atom. The number of oxazole rings is 1. The smallest absolute Gasteiger partial charge is 0.227 e. The second-order valence-corrected chi connectivity index (χ2v) is 14.1. The molecule has 0 fully saturated rings. The van der Waals surface area contributed by atoms with Crippen molar-refractivity contribution in [1.29, 1.82) is 0 Å². The molecule has 0 saturated carbocycles. The van der Waals surface area contributed by atoms with Gasteiger partial charge >= 0.3 is 0 Å². The van der Waals surface area contributed by atoms with Gasteiger partial charge < -0.3 is 4.42 Å². The predicted octanol–water partition coefficient (Wildman–Crippen LogP) is 7.37. The molecule has 2 nitrogen and oxygen atoms in total. The first-order valence-electron chi connectivity index (χ1n) is 10.6. The molecular weight excluding hydrogens is 394 g/mol. The molecular formula is C28H25NOSi. The van der Waals surface area contributed by atoms with Crippen LogP contribution in [0.15, 0.2) is 101 Å². The summed E-state index contributed by atoms with van der Waals surface area (Å²) in [4.78, 5) is 4.60. The molecule has 0 bridgehead atoms. The molecule has 1 aromatic heterocycles. The summed E-state index contributed by atoms with van der Waals surface area (Å²) >= 11 is 0. The predicted molar refractivity (Wildman–Crippen MR) is 133 cm³/mol. The molecule has 0 unspecified atom stereocenters. The highest BCUT2D eigenvalue weighted by Crippen LogP contribution is 2.29. The Kier molecular flexibility index (Phi) is 4.83. The van der Waals surface area contributed by atoms with Gasteiger partial charge in [-0.1, -0.05) is 91.6 Å². The van der Waals surface area contributed by atoms with Crippen LogP contribution < -0.4 is 5.19 Å². The second-order valence-electron chi connectivity index (χ2n) is 8.98. The Labute approximate surface area is 184 Å². The van der Waals surface area contributed by atoms with Crippen molar-refractivity contribution in [3.05, 3.63) is 97.1 Å².